The van der Waals surface area contributed by atoms with Gasteiger partial charge in [0.15, 0.2) is 5.43 Å². The van der Waals surface area contributed by atoms with Crippen molar-refractivity contribution in [2.75, 3.05) is 0 Å². The van der Waals surface area contributed by atoms with Gasteiger partial charge in [-0.1, -0.05) is 6.92 Å². The number of aryl methyl sites for hydroxylation is 1. The van der Waals surface area contributed by atoms with Crippen LogP contribution in [0.4, 0.5) is 8.78 Å². The predicted octanol–water partition coefficient (Wildman–Crippen LogP) is 3.00. The summed E-state index contributed by atoms with van der Waals surface area (Å²) in [6, 6.07) is 4.33. The van der Waals surface area contributed by atoms with Crippen LogP contribution in [0.1, 0.15) is 18.2 Å². The van der Waals surface area contributed by atoms with E-state index in [1.807, 2.05) is 13.8 Å². The number of hydrogen-bond donors (Lipinski definition) is 1. The largest absolute Gasteiger partial charge is 0.435 e. The van der Waals surface area contributed by atoms with Gasteiger partial charge in [-0.05, 0) is 31.5 Å². The van der Waals surface area contributed by atoms with E-state index in [0.29, 0.717) is 22.9 Å². The Labute approximate surface area is 102 Å². The molecule has 0 aliphatic carbocycles. The first-order valence-corrected chi connectivity index (χ1v) is 5.63. The second-order valence-corrected chi connectivity index (χ2v) is 4.00. The summed E-state index contributed by atoms with van der Waals surface area (Å²) in [4.78, 5) is 15.2. The van der Waals surface area contributed by atoms with E-state index in [9.17, 15) is 13.6 Å². The average Bonchev–Trinajstić information content (AvgIpc) is 2.30. The third-order valence-corrected chi connectivity index (χ3v) is 2.86. The average molecular weight is 253 g/mol. The van der Waals surface area contributed by atoms with Crippen molar-refractivity contribution < 1.29 is 13.5 Å². The Bertz CT molecular complexity index is 635. The number of ether oxygens (including phenoxy) is 1. The van der Waals surface area contributed by atoms with E-state index in [-0.39, 0.29) is 11.2 Å². The van der Waals surface area contributed by atoms with E-state index >= 15 is 0 Å². The van der Waals surface area contributed by atoms with Gasteiger partial charge in [0.2, 0.25) is 0 Å². The molecule has 3 nitrogen and oxygen atoms in total. The number of nitrogens with one attached hydrogen (secondary N) is 1. The maximum Gasteiger partial charge on any atom is 0.387 e. The van der Waals surface area contributed by atoms with E-state index < -0.39 is 6.61 Å². The molecule has 0 atom stereocenters. The topological polar surface area (TPSA) is 42.1 Å². The van der Waals surface area contributed by atoms with Gasteiger partial charge in [-0.15, -0.1) is 0 Å². The lowest BCUT2D eigenvalue weighted by atomic mass is 10.1. The minimum atomic E-state index is -2.89. The van der Waals surface area contributed by atoms with E-state index in [1.165, 1.54) is 12.1 Å². The maximum atomic E-state index is 12.2. The Morgan fingerprint density at radius 3 is 2.72 bits per heavy atom. The summed E-state index contributed by atoms with van der Waals surface area (Å²) in [5.74, 6) is -0.00564. The molecule has 0 unspecified atom stereocenters. The predicted molar refractivity (Wildman–Crippen MR) is 65.3 cm³/mol. The van der Waals surface area contributed by atoms with Crippen molar-refractivity contribution in [2.45, 2.75) is 26.9 Å². The minimum absolute atomic E-state index is 0.00564. The molecule has 0 amide bonds. The fourth-order valence-corrected chi connectivity index (χ4v) is 2.03. The minimum Gasteiger partial charge on any atom is -0.435 e. The number of fused-ring (bicyclic) bond motifs is 1. The Kier molecular flexibility index (Phi) is 3.32. The number of aromatic nitrogens is 1. The molecule has 2 aromatic rings. The second kappa shape index (κ2) is 4.76. The lowest BCUT2D eigenvalue weighted by Crippen LogP contribution is -2.12. The number of benzene rings is 1. The quantitative estimate of drug-likeness (QED) is 0.913. The first kappa shape index (κ1) is 12.5. The zero-order chi connectivity index (χ0) is 13.3. The molecular weight excluding hydrogens is 240 g/mol. The van der Waals surface area contributed by atoms with Gasteiger partial charge in [-0.2, -0.15) is 8.78 Å². The summed E-state index contributed by atoms with van der Waals surface area (Å²) in [6.45, 7) is 0.809. The van der Waals surface area contributed by atoms with Crippen molar-refractivity contribution in [2.24, 2.45) is 0 Å². The molecule has 0 radical (unpaired) electrons. The number of hydrogen-bond acceptors (Lipinski definition) is 2. The molecule has 18 heavy (non-hydrogen) atoms. The Balaban J connectivity index is 2.65. The molecule has 1 aromatic carbocycles. The highest BCUT2D eigenvalue weighted by Gasteiger charge is 2.10. The molecule has 1 aromatic heterocycles. The van der Waals surface area contributed by atoms with Crippen LogP contribution in [0.5, 0.6) is 5.75 Å². The Morgan fingerprint density at radius 2 is 2.11 bits per heavy atom. The summed E-state index contributed by atoms with van der Waals surface area (Å²) in [7, 11) is 0. The van der Waals surface area contributed by atoms with E-state index in [2.05, 4.69) is 9.72 Å². The van der Waals surface area contributed by atoms with Gasteiger partial charge in [0.1, 0.15) is 5.75 Å². The summed E-state index contributed by atoms with van der Waals surface area (Å²) < 4.78 is 28.5. The van der Waals surface area contributed by atoms with Crippen molar-refractivity contribution >= 4 is 10.9 Å². The number of halogens is 2. The van der Waals surface area contributed by atoms with Crippen LogP contribution < -0.4 is 10.2 Å². The number of rotatable bonds is 3. The van der Waals surface area contributed by atoms with E-state index in [0.717, 1.165) is 5.69 Å². The van der Waals surface area contributed by atoms with Crippen LogP contribution in [0, 0.1) is 6.92 Å². The third kappa shape index (κ3) is 2.20. The molecule has 0 bridgehead atoms. The van der Waals surface area contributed by atoms with Gasteiger partial charge in [0.05, 0.1) is 0 Å². The smallest absolute Gasteiger partial charge is 0.387 e. The lowest BCUT2D eigenvalue weighted by Gasteiger charge is -2.08. The second-order valence-electron chi connectivity index (χ2n) is 4.00. The molecular formula is C13H13F2NO2. The van der Waals surface area contributed by atoms with E-state index in [1.54, 1.807) is 6.07 Å². The summed E-state index contributed by atoms with van der Waals surface area (Å²) >= 11 is 0. The van der Waals surface area contributed by atoms with Gasteiger partial charge in [-0.3, -0.25) is 4.79 Å². The van der Waals surface area contributed by atoms with Gasteiger partial charge < -0.3 is 9.72 Å². The molecule has 0 aliphatic heterocycles. The highest BCUT2D eigenvalue weighted by Crippen LogP contribution is 2.20. The van der Waals surface area contributed by atoms with Crippen molar-refractivity contribution in [3.05, 3.63) is 39.7 Å². The van der Waals surface area contributed by atoms with Crippen molar-refractivity contribution in [3.63, 3.8) is 0 Å². The summed E-state index contributed by atoms with van der Waals surface area (Å²) in [5.41, 5.74) is 1.95. The van der Waals surface area contributed by atoms with Crippen molar-refractivity contribution in [1.82, 2.24) is 4.98 Å². The third-order valence-electron chi connectivity index (χ3n) is 2.86. The van der Waals surface area contributed by atoms with Gasteiger partial charge in [0.25, 0.3) is 0 Å². The highest BCUT2D eigenvalue weighted by atomic mass is 19.3. The Hall–Kier alpha value is -1.91. The molecule has 96 valence electrons. The number of H-pyrrole nitrogens is 1. The van der Waals surface area contributed by atoms with Crippen LogP contribution in [0.3, 0.4) is 0 Å². The SMILES string of the molecule is CCc1c(C)[nH]c2ccc(OC(F)F)cc2c1=O. The first-order valence-electron chi connectivity index (χ1n) is 5.63. The maximum absolute atomic E-state index is 12.2. The van der Waals surface area contributed by atoms with E-state index in [4.69, 9.17) is 0 Å². The van der Waals surface area contributed by atoms with Crippen LogP contribution in [-0.4, -0.2) is 11.6 Å². The fourth-order valence-electron chi connectivity index (χ4n) is 2.03. The normalized spacial score (nSPS) is 11.2. The molecule has 0 fully saturated rings. The fraction of sp³-hybridized carbons (Fsp3) is 0.308. The lowest BCUT2D eigenvalue weighted by molar-refractivity contribution is -0.0497. The van der Waals surface area contributed by atoms with Gasteiger partial charge >= 0.3 is 6.61 Å². The Morgan fingerprint density at radius 1 is 1.39 bits per heavy atom. The number of aromatic amines is 1. The standard InChI is InChI=1S/C13H13F2NO2/c1-3-9-7(2)16-11-5-4-8(18-13(14)15)6-10(11)12(9)17/h4-6,13H,3H2,1-2H3,(H,16,17). The summed E-state index contributed by atoms with van der Waals surface area (Å²) in [6.07, 6.45) is 0.594. The van der Waals surface area contributed by atoms with Crippen LogP contribution in [0.2, 0.25) is 0 Å². The molecule has 0 saturated carbocycles. The monoisotopic (exact) mass is 253 g/mol. The molecule has 1 heterocycles. The van der Waals surface area contributed by atoms with Gasteiger partial charge in [0, 0.05) is 22.2 Å². The van der Waals surface area contributed by atoms with Gasteiger partial charge in [-0.25, -0.2) is 0 Å². The molecule has 5 heteroatoms. The number of alkyl halides is 2. The summed E-state index contributed by atoms with van der Waals surface area (Å²) in [5, 5.41) is 0.371. The molecule has 1 N–H and O–H groups in total. The van der Waals surface area contributed by atoms with Crippen LogP contribution in [0.15, 0.2) is 23.0 Å². The highest BCUT2D eigenvalue weighted by molar-refractivity contribution is 5.81. The van der Waals surface area contributed by atoms with Crippen molar-refractivity contribution in [3.8, 4) is 5.75 Å². The zero-order valence-corrected chi connectivity index (χ0v) is 10.1. The molecule has 0 spiro atoms. The zero-order valence-electron chi connectivity index (χ0n) is 10.1. The molecule has 2 rings (SSSR count). The molecule has 0 saturated heterocycles. The molecule has 0 aliphatic rings. The first-order chi connectivity index (χ1) is 8.52. The number of pyridine rings is 1. The van der Waals surface area contributed by atoms with Crippen LogP contribution in [-0.2, 0) is 6.42 Å². The van der Waals surface area contributed by atoms with Crippen LogP contribution in [0.25, 0.3) is 10.9 Å². The van der Waals surface area contributed by atoms with Crippen LogP contribution >= 0.6 is 0 Å². The van der Waals surface area contributed by atoms with Crippen molar-refractivity contribution in [1.29, 1.82) is 0 Å².